The highest BCUT2D eigenvalue weighted by atomic mass is 79.9. The van der Waals surface area contributed by atoms with Crippen LogP contribution in [0.25, 0.3) is 15.8 Å². The number of fused-ring (bicyclic) bond motifs is 3. The highest BCUT2D eigenvalue weighted by Crippen LogP contribution is 2.39. The van der Waals surface area contributed by atoms with Crippen LogP contribution in [-0.4, -0.2) is 22.7 Å². The number of hydrogen-bond donors (Lipinski definition) is 0. The van der Waals surface area contributed by atoms with Crippen molar-refractivity contribution in [1.82, 2.24) is 9.97 Å². The van der Waals surface area contributed by atoms with Gasteiger partial charge in [0, 0.05) is 9.35 Å². The number of ether oxygens (including phenoxy) is 2. The molecule has 4 nitrogen and oxygen atoms in total. The van der Waals surface area contributed by atoms with Gasteiger partial charge in [0.15, 0.2) is 0 Å². The van der Waals surface area contributed by atoms with Gasteiger partial charge in [-0.15, -0.1) is 11.3 Å². The van der Waals surface area contributed by atoms with Crippen molar-refractivity contribution in [2.24, 2.45) is 0 Å². The monoisotopic (exact) mass is 482 g/mol. The Morgan fingerprint density at radius 2 is 2.00 bits per heavy atom. The van der Waals surface area contributed by atoms with E-state index in [1.54, 1.807) is 17.7 Å². The van der Waals surface area contributed by atoms with E-state index in [0.717, 1.165) is 39.7 Å². The topological polar surface area (TPSA) is 44.2 Å². The minimum absolute atomic E-state index is 0.0478. The summed E-state index contributed by atoms with van der Waals surface area (Å²) in [5, 5.41) is 1.10. The Bertz CT molecular complexity index is 1130. The third-order valence-electron chi connectivity index (χ3n) is 5.63. The third-order valence-corrected chi connectivity index (χ3v) is 7.36. The molecule has 0 radical (unpaired) electrons. The van der Waals surface area contributed by atoms with Crippen LogP contribution in [0.5, 0.6) is 5.88 Å². The molecule has 2 aromatic heterocycles. The van der Waals surface area contributed by atoms with Crippen LogP contribution < -0.4 is 4.74 Å². The first kappa shape index (κ1) is 19.8. The standard InChI is InChI=1S/C24H23BrN2O2S/c1-2-18-11-16(15-7-9-17(25)10-8-15)12-19(29-18)13-28-23-22-20-5-3-4-6-21(20)30-24(22)27-14-26-23/h7-12,14,18H,2-6,13H2,1H3. The number of benzene rings is 1. The number of hydrogen-bond acceptors (Lipinski definition) is 5. The van der Waals surface area contributed by atoms with Gasteiger partial charge >= 0.3 is 0 Å². The van der Waals surface area contributed by atoms with Crippen molar-refractivity contribution in [2.75, 3.05) is 6.61 Å². The molecule has 30 heavy (non-hydrogen) atoms. The molecule has 154 valence electrons. The van der Waals surface area contributed by atoms with Crippen LogP contribution in [0, 0.1) is 0 Å². The largest absolute Gasteiger partial charge is 0.487 e. The van der Waals surface area contributed by atoms with Crippen molar-refractivity contribution in [1.29, 1.82) is 0 Å². The van der Waals surface area contributed by atoms with Crippen LogP contribution in [-0.2, 0) is 17.6 Å². The first-order valence-corrected chi connectivity index (χ1v) is 12.0. The van der Waals surface area contributed by atoms with Crippen molar-refractivity contribution < 1.29 is 9.47 Å². The van der Waals surface area contributed by atoms with Gasteiger partial charge in [-0.05, 0) is 73.1 Å². The summed E-state index contributed by atoms with van der Waals surface area (Å²) in [4.78, 5) is 11.4. The van der Waals surface area contributed by atoms with E-state index in [0.29, 0.717) is 12.5 Å². The van der Waals surface area contributed by atoms with Crippen LogP contribution in [0.3, 0.4) is 0 Å². The molecule has 0 saturated carbocycles. The van der Waals surface area contributed by atoms with Crippen molar-refractivity contribution in [2.45, 2.75) is 45.1 Å². The second-order valence-electron chi connectivity index (χ2n) is 7.66. The summed E-state index contributed by atoms with van der Waals surface area (Å²) < 4.78 is 13.4. The Balaban J connectivity index is 1.41. The minimum atomic E-state index is 0.0478. The zero-order chi connectivity index (χ0) is 20.5. The van der Waals surface area contributed by atoms with Crippen LogP contribution >= 0.6 is 27.3 Å². The van der Waals surface area contributed by atoms with Crippen LogP contribution in [0.4, 0.5) is 0 Å². The molecule has 0 N–H and O–H groups in total. The number of aryl methyl sites for hydroxylation is 2. The first-order valence-electron chi connectivity index (χ1n) is 10.4. The van der Waals surface area contributed by atoms with E-state index in [4.69, 9.17) is 9.47 Å². The third kappa shape index (κ3) is 3.91. The van der Waals surface area contributed by atoms with Gasteiger partial charge in [0.05, 0.1) is 5.39 Å². The normalized spacial score (nSPS) is 18.4. The van der Waals surface area contributed by atoms with Gasteiger partial charge in [0.2, 0.25) is 5.88 Å². The Hall–Kier alpha value is -2.18. The van der Waals surface area contributed by atoms with E-state index in [2.05, 4.69) is 69.2 Å². The number of thiophene rings is 1. The predicted molar refractivity (Wildman–Crippen MR) is 125 cm³/mol. The molecule has 0 spiro atoms. The van der Waals surface area contributed by atoms with Crippen molar-refractivity contribution >= 4 is 43.1 Å². The van der Waals surface area contributed by atoms with E-state index in [-0.39, 0.29) is 6.10 Å². The molecule has 3 aromatic rings. The lowest BCUT2D eigenvalue weighted by molar-refractivity contribution is 0.119. The fourth-order valence-corrected chi connectivity index (χ4v) is 5.58. The quantitative estimate of drug-likeness (QED) is 0.416. The smallest absolute Gasteiger partial charge is 0.226 e. The van der Waals surface area contributed by atoms with Crippen LogP contribution in [0.15, 0.2) is 53.0 Å². The first-order chi connectivity index (χ1) is 14.7. The highest BCUT2D eigenvalue weighted by molar-refractivity contribution is 9.10. The van der Waals surface area contributed by atoms with Gasteiger partial charge in [0.25, 0.3) is 0 Å². The molecule has 6 heteroatoms. The molecule has 1 aliphatic heterocycles. The molecule has 0 amide bonds. The summed E-state index contributed by atoms with van der Waals surface area (Å²) in [7, 11) is 0. The fraction of sp³-hybridized carbons (Fsp3) is 0.333. The van der Waals surface area contributed by atoms with Crippen LogP contribution in [0.1, 0.15) is 42.2 Å². The van der Waals surface area contributed by atoms with Crippen molar-refractivity contribution in [3.63, 3.8) is 0 Å². The van der Waals surface area contributed by atoms with E-state index in [9.17, 15) is 0 Å². The molecule has 1 aromatic carbocycles. The van der Waals surface area contributed by atoms with Crippen molar-refractivity contribution in [3.05, 3.63) is 69.0 Å². The van der Waals surface area contributed by atoms with E-state index >= 15 is 0 Å². The summed E-state index contributed by atoms with van der Waals surface area (Å²) in [5.41, 5.74) is 3.73. The van der Waals surface area contributed by atoms with Gasteiger partial charge in [-0.2, -0.15) is 0 Å². The van der Waals surface area contributed by atoms with Crippen molar-refractivity contribution in [3.8, 4) is 5.88 Å². The highest BCUT2D eigenvalue weighted by Gasteiger charge is 2.22. The Morgan fingerprint density at radius 1 is 1.17 bits per heavy atom. The lowest BCUT2D eigenvalue weighted by Crippen LogP contribution is -2.17. The summed E-state index contributed by atoms with van der Waals surface area (Å²) in [6.07, 6.45) is 11.5. The van der Waals surface area contributed by atoms with Gasteiger partial charge in [-0.3, -0.25) is 0 Å². The molecule has 5 rings (SSSR count). The zero-order valence-electron chi connectivity index (χ0n) is 16.9. The zero-order valence-corrected chi connectivity index (χ0v) is 19.3. The molecule has 0 saturated heterocycles. The average molecular weight is 483 g/mol. The maximum Gasteiger partial charge on any atom is 0.226 e. The van der Waals surface area contributed by atoms with Gasteiger partial charge < -0.3 is 9.47 Å². The summed E-state index contributed by atoms with van der Waals surface area (Å²) in [6, 6.07) is 8.37. The molecule has 1 aliphatic carbocycles. The minimum Gasteiger partial charge on any atom is -0.487 e. The predicted octanol–water partition coefficient (Wildman–Crippen LogP) is 6.49. The SMILES string of the molecule is CCC1C=C(c2ccc(Br)cc2)C=C(COc2ncnc3sc4c(c23)CCCC4)O1. The molecule has 1 atom stereocenters. The molecule has 3 heterocycles. The number of allylic oxidation sites excluding steroid dienone is 2. The summed E-state index contributed by atoms with van der Waals surface area (Å²) in [6.45, 7) is 2.50. The van der Waals surface area contributed by atoms with Gasteiger partial charge in [-0.1, -0.05) is 35.0 Å². The summed E-state index contributed by atoms with van der Waals surface area (Å²) in [5.74, 6) is 1.51. The number of aromatic nitrogens is 2. The number of rotatable bonds is 5. The Morgan fingerprint density at radius 3 is 2.83 bits per heavy atom. The van der Waals surface area contributed by atoms with E-state index in [1.807, 2.05) is 0 Å². The Kier molecular flexibility index (Phi) is 5.61. The Labute approximate surface area is 188 Å². The average Bonchev–Trinajstić information content (AvgIpc) is 3.17. The molecular formula is C24H23BrN2O2S. The fourth-order valence-electron chi connectivity index (χ4n) is 4.09. The van der Waals surface area contributed by atoms with Gasteiger partial charge in [-0.25, -0.2) is 9.97 Å². The molecule has 0 fully saturated rings. The second kappa shape index (κ2) is 8.52. The molecule has 1 unspecified atom stereocenters. The van der Waals surface area contributed by atoms with Gasteiger partial charge in [0.1, 0.15) is 29.6 Å². The molecule has 2 aliphatic rings. The summed E-state index contributed by atoms with van der Waals surface area (Å²) >= 11 is 5.30. The van der Waals surface area contributed by atoms with Crippen LogP contribution in [0.2, 0.25) is 0 Å². The number of halogens is 1. The van der Waals surface area contributed by atoms with E-state index in [1.165, 1.54) is 34.4 Å². The molecule has 0 bridgehead atoms. The maximum absolute atomic E-state index is 6.21. The second-order valence-corrected chi connectivity index (χ2v) is 9.66. The number of nitrogens with zero attached hydrogens (tertiary/aromatic N) is 2. The lowest BCUT2D eigenvalue weighted by atomic mass is 9.97. The lowest BCUT2D eigenvalue weighted by Gasteiger charge is -2.23. The maximum atomic E-state index is 6.21. The van der Waals surface area contributed by atoms with E-state index < -0.39 is 0 Å². The molecular weight excluding hydrogens is 460 g/mol.